The molecule has 0 saturated heterocycles. The van der Waals surface area contributed by atoms with E-state index in [1.165, 1.54) is 22.9 Å². The number of carbonyl (C=O) groups excluding carboxylic acids is 1. The molecule has 3 rings (SSSR count). The van der Waals surface area contributed by atoms with Crippen molar-refractivity contribution < 1.29 is 14.3 Å². The first-order valence-corrected chi connectivity index (χ1v) is 11.6. The maximum absolute atomic E-state index is 12.4. The quantitative estimate of drug-likeness (QED) is 0.429. The van der Waals surface area contributed by atoms with Crippen molar-refractivity contribution >= 4 is 35.0 Å². The van der Waals surface area contributed by atoms with E-state index in [2.05, 4.69) is 34.6 Å². The lowest BCUT2D eigenvalue weighted by Crippen LogP contribution is -2.15. The van der Waals surface area contributed by atoms with E-state index >= 15 is 0 Å². The second-order valence-corrected chi connectivity index (χ2v) is 8.66. The lowest BCUT2D eigenvalue weighted by molar-refractivity contribution is -0.113. The van der Waals surface area contributed by atoms with Crippen LogP contribution in [0.5, 0.6) is 11.5 Å². The number of aryl methyl sites for hydroxylation is 3. The molecule has 2 aromatic carbocycles. The minimum atomic E-state index is -0.171. The number of nitrogens with one attached hydrogen (secondary N) is 1. The Morgan fingerprint density at radius 3 is 2.66 bits per heavy atom. The monoisotopic (exact) mass is 474 g/mol. The lowest BCUT2D eigenvalue weighted by Gasteiger charge is -2.10. The van der Waals surface area contributed by atoms with Crippen LogP contribution < -0.4 is 14.8 Å². The number of halogens is 1. The lowest BCUT2D eigenvalue weighted by atomic mass is 10.0. The highest BCUT2D eigenvalue weighted by Gasteiger charge is 2.13. The average Bonchev–Trinajstić information content (AvgIpc) is 3.13. The highest BCUT2D eigenvalue weighted by molar-refractivity contribution is 7.99. The molecule has 0 saturated carbocycles. The van der Waals surface area contributed by atoms with Crippen LogP contribution in [0.15, 0.2) is 41.6 Å². The fourth-order valence-corrected chi connectivity index (χ4v) is 4.20. The molecule has 0 unspecified atom stereocenters. The van der Waals surface area contributed by atoms with E-state index in [4.69, 9.17) is 21.1 Å². The van der Waals surface area contributed by atoms with Gasteiger partial charge in [0.15, 0.2) is 5.16 Å². The fraction of sp³-hybridized carbons (Fsp3) is 0.348. The van der Waals surface area contributed by atoms with Crippen molar-refractivity contribution in [3.8, 4) is 11.5 Å². The predicted molar refractivity (Wildman–Crippen MR) is 128 cm³/mol. The first-order valence-electron chi connectivity index (χ1n) is 10.2. The van der Waals surface area contributed by atoms with Gasteiger partial charge in [0.25, 0.3) is 0 Å². The average molecular weight is 475 g/mol. The van der Waals surface area contributed by atoms with Crippen LogP contribution in [0.2, 0.25) is 5.02 Å². The van der Waals surface area contributed by atoms with Crippen LogP contribution >= 0.6 is 23.4 Å². The Bertz CT molecular complexity index is 1090. The summed E-state index contributed by atoms with van der Waals surface area (Å²) in [6, 6.07) is 11.2. The largest absolute Gasteiger partial charge is 0.497 e. The van der Waals surface area contributed by atoms with Crippen molar-refractivity contribution in [2.24, 2.45) is 7.05 Å². The topological polar surface area (TPSA) is 78.3 Å². The molecule has 1 amide bonds. The van der Waals surface area contributed by atoms with E-state index in [1.54, 1.807) is 32.4 Å². The van der Waals surface area contributed by atoms with E-state index in [-0.39, 0.29) is 11.7 Å². The first-order chi connectivity index (χ1) is 15.4. The molecule has 7 nitrogen and oxygen atoms in total. The van der Waals surface area contributed by atoms with Crippen LogP contribution in [-0.2, 0) is 24.7 Å². The van der Waals surface area contributed by atoms with E-state index < -0.39 is 0 Å². The van der Waals surface area contributed by atoms with Gasteiger partial charge in [-0.15, -0.1) is 10.2 Å². The predicted octanol–water partition coefficient (Wildman–Crippen LogP) is 4.70. The third-order valence-corrected chi connectivity index (χ3v) is 6.34. The van der Waals surface area contributed by atoms with E-state index in [0.29, 0.717) is 21.6 Å². The van der Waals surface area contributed by atoms with Gasteiger partial charge >= 0.3 is 0 Å². The molecule has 9 heteroatoms. The summed E-state index contributed by atoms with van der Waals surface area (Å²) in [5.41, 5.74) is 3.06. The number of methoxy groups -OCH3 is 2. The van der Waals surface area contributed by atoms with Crippen LogP contribution in [0.3, 0.4) is 0 Å². The number of amides is 1. The zero-order chi connectivity index (χ0) is 23.1. The molecule has 32 heavy (non-hydrogen) atoms. The zero-order valence-corrected chi connectivity index (χ0v) is 20.2. The van der Waals surface area contributed by atoms with Crippen molar-refractivity contribution in [1.29, 1.82) is 0 Å². The number of hydrogen-bond donors (Lipinski definition) is 1. The molecule has 1 aromatic heterocycles. The van der Waals surface area contributed by atoms with Crippen LogP contribution in [0.1, 0.15) is 23.4 Å². The Hall–Kier alpha value is -2.71. The number of nitrogens with zero attached hydrogens (tertiary/aromatic N) is 3. The summed E-state index contributed by atoms with van der Waals surface area (Å²) in [5.74, 6) is 2.36. The smallest absolute Gasteiger partial charge is 0.234 e. The summed E-state index contributed by atoms with van der Waals surface area (Å²) in [7, 11) is 5.15. The third kappa shape index (κ3) is 6.17. The summed E-state index contributed by atoms with van der Waals surface area (Å²) < 4.78 is 12.5. The van der Waals surface area contributed by atoms with E-state index in [0.717, 1.165) is 30.8 Å². The number of aromatic nitrogens is 3. The van der Waals surface area contributed by atoms with Gasteiger partial charge in [0.05, 0.1) is 25.7 Å². The van der Waals surface area contributed by atoms with Gasteiger partial charge in [-0.1, -0.05) is 29.4 Å². The third-order valence-electron chi connectivity index (χ3n) is 5.09. The van der Waals surface area contributed by atoms with Crippen molar-refractivity contribution in [3.05, 3.63) is 58.4 Å². The number of ether oxygens (including phenoxy) is 2. The summed E-state index contributed by atoms with van der Waals surface area (Å²) in [5, 5.41) is 12.6. The van der Waals surface area contributed by atoms with Crippen LogP contribution in [0, 0.1) is 6.92 Å². The summed E-state index contributed by atoms with van der Waals surface area (Å²) in [6.45, 7) is 2.10. The maximum Gasteiger partial charge on any atom is 0.234 e. The molecule has 0 fully saturated rings. The zero-order valence-electron chi connectivity index (χ0n) is 18.6. The summed E-state index contributed by atoms with van der Waals surface area (Å²) >= 11 is 7.36. The minimum Gasteiger partial charge on any atom is -0.497 e. The maximum atomic E-state index is 12.4. The second-order valence-electron chi connectivity index (χ2n) is 7.29. The van der Waals surface area contributed by atoms with Gasteiger partial charge in [-0.05, 0) is 61.2 Å². The molecular formula is C23H27ClN4O3S. The number of rotatable bonds is 10. The van der Waals surface area contributed by atoms with Gasteiger partial charge < -0.3 is 19.4 Å². The molecule has 1 N–H and O–H groups in total. The summed E-state index contributed by atoms with van der Waals surface area (Å²) in [4.78, 5) is 12.4. The first kappa shape index (κ1) is 23.9. The molecule has 170 valence electrons. The molecule has 0 radical (unpaired) electrons. The molecule has 0 aliphatic heterocycles. The second kappa shape index (κ2) is 11.2. The van der Waals surface area contributed by atoms with Gasteiger partial charge in [0, 0.05) is 18.5 Å². The molecule has 3 aromatic rings. The van der Waals surface area contributed by atoms with Gasteiger partial charge in [0.2, 0.25) is 5.91 Å². The van der Waals surface area contributed by atoms with Gasteiger partial charge in [-0.3, -0.25) is 4.79 Å². The summed E-state index contributed by atoms with van der Waals surface area (Å²) in [6.07, 6.45) is 2.72. The minimum absolute atomic E-state index is 0.171. The number of anilines is 1. The number of hydrogen-bond acceptors (Lipinski definition) is 6. The molecule has 0 bridgehead atoms. The highest BCUT2D eigenvalue weighted by Crippen LogP contribution is 2.28. The molecule has 0 aliphatic rings. The van der Waals surface area contributed by atoms with Crippen molar-refractivity contribution in [2.75, 3.05) is 25.3 Å². The molecule has 0 spiro atoms. The fourth-order valence-electron chi connectivity index (χ4n) is 3.30. The Kier molecular flexibility index (Phi) is 8.41. The molecule has 1 heterocycles. The van der Waals surface area contributed by atoms with Crippen molar-refractivity contribution in [2.45, 2.75) is 31.3 Å². The molecule has 0 aliphatic carbocycles. The van der Waals surface area contributed by atoms with E-state index in [1.807, 2.05) is 17.7 Å². The van der Waals surface area contributed by atoms with Crippen LogP contribution in [0.25, 0.3) is 0 Å². The van der Waals surface area contributed by atoms with Crippen LogP contribution in [-0.4, -0.2) is 40.6 Å². The number of benzene rings is 2. The standard InChI is InChI=1S/C23H27ClN4O3S/c1-15-12-18(30-3)10-8-16(15)6-5-7-21-26-27-23(28(21)2)32-14-22(29)25-19-13-17(24)9-11-20(19)31-4/h8-13H,5-7,14H2,1-4H3,(H,25,29). The molecule has 0 atom stereocenters. The van der Waals surface area contributed by atoms with Gasteiger partial charge in [-0.25, -0.2) is 0 Å². The number of carbonyl (C=O) groups is 1. The Morgan fingerprint density at radius 2 is 1.94 bits per heavy atom. The Balaban J connectivity index is 1.51. The normalized spacial score (nSPS) is 10.8. The highest BCUT2D eigenvalue weighted by atomic mass is 35.5. The van der Waals surface area contributed by atoms with Crippen LogP contribution in [0.4, 0.5) is 5.69 Å². The Labute approximate surface area is 197 Å². The van der Waals surface area contributed by atoms with E-state index in [9.17, 15) is 4.79 Å². The van der Waals surface area contributed by atoms with Crippen molar-refractivity contribution in [3.63, 3.8) is 0 Å². The Morgan fingerprint density at radius 1 is 1.12 bits per heavy atom. The number of thioether (sulfide) groups is 1. The van der Waals surface area contributed by atoms with Crippen molar-refractivity contribution in [1.82, 2.24) is 14.8 Å². The SMILES string of the molecule is COc1ccc(CCCc2nnc(SCC(=O)Nc3cc(Cl)ccc3OC)n2C)c(C)c1. The van der Waals surface area contributed by atoms with Gasteiger partial charge in [0.1, 0.15) is 17.3 Å². The molecular weight excluding hydrogens is 448 g/mol. The van der Waals surface area contributed by atoms with Gasteiger partial charge in [-0.2, -0.15) is 0 Å².